The predicted octanol–water partition coefficient (Wildman–Crippen LogP) is 1.93. The number of aliphatic hydroxyl groups excluding tert-OH is 1. The van der Waals surface area contributed by atoms with Crippen LogP contribution in [0.15, 0.2) is 6.20 Å². The Morgan fingerprint density at radius 1 is 1.40 bits per heavy atom. The van der Waals surface area contributed by atoms with Crippen LogP contribution in [0.2, 0.25) is 0 Å². The minimum atomic E-state index is -0.375. The molecule has 0 amide bonds. The van der Waals surface area contributed by atoms with Crippen LogP contribution < -0.4 is 10.2 Å². The third-order valence-electron chi connectivity index (χ3n) is 4.21. The molecule has 2 atom stereocenters. The van der Waals surface area contributed by atoms with Crippen LogP contribution in [0.25, 0.3) is 0 Å². The molecule has 20 heavy (non-hydrogen) atoms. The van der Waals surface area contributed by atoms with Crippen molar-refractivity contribution in [1.82, 2.24) is 9.97 Å². The predicted molar refractivity (Wildman–Crippen MR) is 75.3 cm³/mol. The van der Waals surface area contributed by atoms with E-state index in [1.165, 1.54) is 6.20 Å². The highest BCUT2D eigenvalue weighted by Crippen LogP contribution is 2.39. The summed E-state index contributed by atoms with van der Waals surface area (Å²) >= 11 is 0. The first-order valence-corrected chi connectivity index (χ1v) is 7.42. The molecular weight excluding hydrogens is 259 g/mol. The molecule has 2 fully saturated rings. The van der Waals surface area contributed by atoms with Gasteiger partial charge in [-0.25, -0.2) is 9.37 Å². The average molecular weight is 280 g/mol. The Hall–Kier alpha value is -1.43. The topological polar surface area (TPSA) is 61.3 Å². The molecule has 6 heteroatoms. The Kier molecular flexibility index (Phi) is 3.74. The van der Waals surface area contributed by atoms with E-state index < -0.39 is 0 Å². The van der Waals surface area contributed by atoms with E-state index in [4.69, 9.17) is 0 Å². The quantitative estimate of drug-likeness (QED) is 0.882. The number of hydrogen-bond donors (Lipinski definition) is 2. The van der Waals surface area contributed by atoms with Gasteiger partial charge >= 0.3 is 0 Å². The van der Waals surface area contributed by atoms with Gasteiger partial charge in [0.25, 0.3) is 0 Å². The summed E-state index contributed by atoms with van der Waals surface area (Å²) in [6.07, 6.45) is 5.37. The number of nitrogens with one attached hydrogen (secondary N) is 1. The number of hydrogen-bond acceptors (Lipinski definition) is 5. The van der Waals surface area contributed by atoms with E-state index in [2.05, 4.69) is 27.1 Å². The summed E-state index contributed by atoms with van der Waals surface area (Å²) in [5.74, 6) is 0.493. The van der Waals surface area contributed by atoms with Crippen LogP contribution in [-0.4, -0.2) is 39.8 Å². The van der Waals surface area contributed by atoms with Crippen LogP contribution in [0.5, 0.6) is 0 Å². The number of aromatic nitrogens is 2. The molecule has 0 aliphatic carbocycles. The van der Waals surface area contributed by atoms with Crippen molar-refractivity contribution < 1.29 is 9.50 Å². The van der Waals surface area contributed by atoms with Crippen molar-refractivity contribution in [3.05, 3.63) is 12.0 Å². The zero-order valence-electron chi connectivity index (χ0n) is 11.7. The first-order valence-electron chi connectivity index (χ1n) is 7.42. The zero-order chi connectivity index (χ0) is 14.1. The zero-order valence-corrected chi connectivity index (χ0v) is 11.7. The second-order valence-corrected chi connectivity index (χ2v) is 5.71. The van der Waals surface area contributed by atoms with Gasteiger partial charge in [0, 0.05) is 18.6 Å². The fraction of sp³-hybridized carbons (Fsp3) is 0.714. The van der Waals surface area contributed by atoms with E-state index >= 15 is 0 Å². The molecule has 1 aromatic rings. The number of fused-ring (bicyclic) bond motifs is 2. The lowest BCUT2D eigenvalue weighted by Crippen LogP contribution is -2.45. The van der Waals surface area contributed by atoms with Crippen molar-refractivity contribution in [2.75, 3.05) is 16.8 Å². The molecule has 110 valence electrons. The summed E-state index contributed by atoms with van der Waals surface area (Å²) in [6, 6.07) is 0.402. The van der Waals surface area contributed by atoms with E-state index in [9.17, 15) is 9.50 Å². The van der Waals surface area contributed by atoms with Crippen molar-refractivity contribution in [1.29, 1.82) is 0 Å². The second kappa shape index (κ2) is 5.52. The van der Waals surface area contributed by atoms with Gasteiger partial charge in [0.05, 0.1) is 12.3 Å². The molecule has 3 heterocycles. The molecule has 0 aromatic carbocycles. The maximum Gasteiger partial charge on any atom is 0.224 e. The fourth-order valence-electron chi connectivity index (χ4n) is 3.36. The molecule has 0 radical (unpaired) electrons. The minimum Gasteiger partial charge on any atom is -0.393 e. The molecule has 0 spiro atoms. The number of anilines is 2. The highest BCUT2D eigenvalue weighted by molar-refractivity contribution is 5.48. The van der Waals surface area contributed by atoms with Gasteiger partial charge in [0.1, 0.15) is 0 Å². The van der Waals surface area contributed by atoms with Gasteiger partial charge in [0.15, 0.2) is 11.6 Å². The summed E-state index contributed by atoms with van der Waals surface area (Å²) in [7, 11) is 0. The molecule has 2 saturated heterocycles. The standard InChI is InChI=1S/C14H21FN4O/c1-2-5-16-14-17-8-12(15)13(18-14)19-9-3-4-10(19)7-11(20)6-9/h8-11,20H,2-7H2,1H3,(H,16,17,18). The summed E-state index contributed by atoms with van der Waals surface area (Å²) in [5.41, 5.74) is 0. The molecule has 0 saturated carbocycles. The maximum atomic E-state index is 14.1. The molecule has 2 bridgehead atoms. The highest BCUT2D eigenvalue weighted by atomic mass is 19.1. The van der Waals surface area contributed by atoms with Gasteiger partial charge in [-0.15, -0.1) is 0 Å². The number of nitrogens with zero attached hydrogens (tertiary/aromatic N) is 3. The van der Waals surface area contributed by atoms with Crippen molar-refractivity contribution in [3.63, 3.8) is 0 Å². The van der Waals surface area contributed by atoms with Crippen molar-refractivity contribution in [3.8, 4) is 0 Å². The molecule has 1 aromatic heterocycles. The lowest BCUT2D eigenvalue weighted by molar-refractivity contribution is 0.125. The minimum absolute atomic E-state index is 0.201. The SMILES string of the molecule is CCCNc1ncc(F)c(N2C3CCC2CC(O)C3)n1. The summed E-state index contributed by atoms with van der Waals surface area (Å²) in [6.45, 7) is 2.83. The fourth-order valence-corrected chi connectivity index (χ4v) is 3.36. The Morgan fingerprint density at radius 2 is 2.10 bits per heavy atom. The number of aliphatic hydroxyl groups is 1. The summed E-state index contributed by atoms with van der Waals surface area (Å²) in [5, 5.41) is 12.9. The second-order valence-electron chi connectivity index (χ2n) is 5.71. The van der Waals surface area contributed by atoms with Gasteiger partial charge in [-0.3, -0.25) is 0 Å². The smallest absolute Gasteiger partial charge is 0.224 e. The molecule has 5 nitrogen and oxygen atoms in total. The van der Waals surface area contributed by atoms with E-state index in [1.54, 1.807) is 0 Å². The van der Waals surface area contributed by atoms with Gasteiger partial charge in [-0.2, -0.15) is 4.98 Å². The first kappa shape index (κ1) is 13.5. The summed E-state index contributed by atoms with van der Waals surface area (Å²) < 4.78 is 14.1. The van der Waals surface area contributed by atoms with Crippen molar-refractivity contribution in [2.45, 2.75) is 57.2 Å². The number of piperidine rings is 1. The van der Waals surface area contributed by atoms with Crippen molar-refractivity contribution >= 4 is 11.8 Å². The van der Waals surface area contributed by atoms with Crippen molar-refractivity contribution in [2.24, 2.45) is 0 Å². The largest absolute Gasteiger partial charge is 0.393 e. The van der Waals surface area contributed by atoms with E-state index in [0.717, 1.165) is 25.8 Å². The van der Waals surface area contributed by atoms with Crippen LogP contribution in [0, 0.1) is 5.82 Å². The van der Waals surface area contributed by atoms with E-state index in [-0.39, 0.29) is 24.0 Å². The molecular formula is C14H21FN4O. The first-order chi connectivity index (χ1) is 9.69. The third kappa shape index (κ3) is 2.44. The number of halogens is 1. The van der Waals surface area contributed by atoms with Gasteiger partial charge in [-0.05, 0) is 32.1 Å². The van der Waals surface area contributed by atoms with Crippen LogP contribution in [-0.2, 0) is 0 Å². The van der Waals surface area contributed by atoms with Gasteiger partial charge in [0.2, 0.25) is 5.95 Å². The molecule has 2 aliphatic rings. The normalized spacial score (nSPS) is 28.8. The Labute approximate surface area is 118 Å². The van der Waals surface area contributed by atoms with E-state index in [0.29, 0.717) is 24.6 Å². The molecule has 2 N–H and O–H groups in total. The third-order valence-corrected chi connectivity index (χ3v) is 4.21. The maximum absolute atomic E-state index is 14.1. The van der Waals surface area contributed by atoms with Gasteiger partial charge in [-0.1, -0.05) is 6.92 Å². The Morgan fingerprint density at radius 3 is 2.75 bits per heavy atom. The van der Waals surface area contributed by atoms with Crippen LogP contribution >= 0.6 is 0 Å². The average Bonchev–Trinajstić information content (AvgIpc) is 2.70. The lowest BCUT2D eigenvalue weighted by Gasteiger charge is -2.38. The lowest BCUT2D eigenvalue weighted by atomic mass is 10.00. The van der Waals surface area contributed by atoms with Crippen LogP contribution in [0.4, 0.5) is 16.2 Å². The Balaban J connectivity index is 1.86. The molecule has 3 rings (SSSR count). The molecule has 2 aliphatic heterocycles. The number of rotatable bonds is 4. The summed E-state index contributed by atoms with van der Waals surface area (Å²) in [4.78, 5) is 10.4. The van der Waals surface area contributed by atoms with Crippen LogP contribution in [0.3, 0.4) is 0 Å². The van der Waals surface area contributed by atoms with E-state index in [1.807, 2.05) is 0 Å². The Bertz CT molecular complexity index is 470. The molecule has 2 unspecified atom stereocenters. The highest BCUT2D eigenvalue weighted by Gasteiger charge is 2.42. The monoisotopic (exact) mass is 280 g/mol. The van der Waals surface area contributed by atoms with Crippen LogP contribution in [0.1, 0.15) is 39.0 Å². The van der Waals surface area contributed by atoms with Gasteiger partial charge < -0.3 is 15.3 Å².